The summed E-state index contributed by atoms with van der Waals surface area (Å²) >= 11 is 0. The summed E-state index contributed by atoms with van der Waals surface area (Å²) < 4.78 is 2.23. The van der Waals surface area contributed by atoms with Gasteiger partial charge in [-0.05, 0) is 12.5 Å². The summed E-state index contributed by atoms with van der Waals surface area (Å²) in [6.45, 7) is 7.20. The third-order valence-electron chi connectivity index (χ3n) is 2.80. The van der Waals surface area contributed by atoms with Gasteiger partial charge in [0.25, 0.3) is 0 Å². The van der Waals surface area contributed by atoms with Crippen molar-refractivity contribution >= 4 is 0 Å². The van der Waals surface area contributed by atoms with Gasteiger partial charge in [-0.1, -0.05) is 6.92 Å². The first-order valence-electron chi connectivity index (χ1n) is 5.22. The molecule has 4 nitrogen and oxygen atoms in total. The van der Waals surface area contributed by atoms with Crippen molar-refractivity contribution in [2.45, 2.75) is 20.0 Å². The molecular formula is C10H18N4. The molecule has 2 heterocycles. The maximum atomic E-state index is 5.62. The van der Waals surface area contributed by atoms with E-state index in [4.69, 9.17) is 5.73 Å². The molecule has 2 N–H and O–H groups in total. The van der Waals surface area contributed by atoms with Crippen molar-refractivity contribution in [1.29, 1.82) is 0 Å². The van der Waals surface area contributed by atoms with Gasteiger partial charge in [0.05, 0.1) is 6.54 Å². The number of aromatic nitrogens is 2. The summed E-state index contributed by atoms with van der Waals surface area (Å²) in [5.41, 5.74) is 5.62. The highest BCUT2D eigenvalue weighted by Gasteiger charge is 2.17. The van der Waals surface area contributed by atoms with Crippen molar-refractivity contribution in [2.24, 2.45) is 11.7 Å². The molecule has 0 saturated heterocycles. The number of fused-ring (bicyclic) bond motifs is 1. The monoisotopic (exact) mass is 194 g/mol. The van der Waals surface area contributed by atoms with Gasteiger partial charge in [-0.25, -0.2) is 4.98 Å². The zero-order chi connectivity index (χ0) is 9.97. The highest BCUT2D eigenvalue weighted by Crippen LogP contribution is 2.11. The summed E-state index contributed by atoms with van der Waals surface area (Å²) in [6.07, 6.45) is 3.93. The third kappa shape index (κ3) is 1.96. The lowest BCUT2D eigenvalue weighted by Gasteiger charge is -2.29. The van der Waals surface area contributed by atoms with Crippen LogP contribution in [0.5, 0.6) is 0 Å². The van der Waals surface area contributed by atoms with Gasteiger partial charge in [0.15, 0.2) is 0 Å². The molecule has 2 rings (SSSR count). The second-order valence-corrected chi connectivity index (χ2v) is 4.11. The Balaban J connectivity index is 1.94. The minimum Gasteiger partial charge on any atom is -0.333 e. The summed E-state index contributed by atoms with van der Waals surface area (Å²) in [7, 11) is 0. The minimum atomic E-state index is 0.580. The molecule has 4 heteroatoms. The fourth-order valence-electron chi connectivity index (χ4n) is 1.89. The molecule has 0 aliphatic carbocycles. The summed E-state index contributed by atoms with van der Waals surface area (Å²) in [5.74, 6) is 1.76. The fourth-order valence-corrected chi connectivity index (χ4v) is 1.89. The quantitative estimate of drug-likeness (QED) is 0.752. The molecule has 0 bridgehead atoms. The van der Waals surface area contributed by atoms with Gasteiger partial charge in [-0.2, -0.15) is 0 Å². The molecule has 1 aromatic rings. The molecule has 1 unspecified atom stereocenters. The normalized spacial score (nSPS) is 19.3. The standard InChI is InChI=1S/C10H18N4/c1-9(6-11)7-13-4-5-14-3-2-12-10(14)8-13/h2-3,9H,4-8,11H2,1H3. The molecule has 1 aromatic heterocycles. The van der Waals surface area contributed by atoms with E-state index in [-0.39, 0.29) is 0 Å². The molecule has 0 saturated carbocycles. The van der Waals surface area contributed by atoms with Crippen molar-refractivity contribution < 1.29 is 0 Å². The molecule has 1 aliphatic heterocycles. The maximum Gasteiger partial charge on any atom is 0.122 e. The van der Waals surface area contributed by atoms with Crippen LogP contribution >= 0.6 is 0 Å². The molecular weight excluding hydrogens is 176 g/mol. The van der Waals surface area contributed by atoms with Gasteiger partial charge < -0.3 is 10.3 Å². The predicted molar refractivity (Wildman–Crippen MR) is 55.7 cm³/mol. The lowest BCUT2D eigenvalue weighted by Crippen LogP contribution is -2.37. The number of hydrogen-bond acceptors (Lipinski definition) is 3. The fraction of sp³-hybridized carbons (Fsp3) is 0.700. The molecule has 14 heavy (non-hydrogen) atoms. The third-order valence-corrected chi connectivity index (χ3v) is 2.80. The van der Waals surface area contributed by atoms with E-state index in [0.29, 0.717) is 5.92 Å². The predicted octanol–water partition coefficient (Wildman–Crippen LogP) is 0.294. The van der Waals surface area contributed by atoms with Gasteiger partial charge in [-0.15, -0.1) is 0 Å². The lowest BCUT2D eigenvalue weighted by atomic mass is 10.1. The zero-order valence-corrected chi connectivity index (χ0v) is 8.69. The van der Waals surface area contributed by atoms with Crippen LogP contribution < -0.4 is 5.73 Å². The second-order valence-electron chi connectivity index (χ2n) is 4.11. The van der Waals surface area contributed by atoms with E-state index in [1.165, 1.54) is 5.82 Å². The van der Waals surface area contributed by atoms with Crippen LogP contribution in [0.3, 0.4) is 0 Å². The van der Waals surface area contributed by atoms with Crippen molar-refractivity contribution in [3.63, 3.8) is 0 Å². The Bertz CT molecular complexity index is 294. The van der Waals surface area contributed by atoms with Crippen LogP contribution in [0.15, 0.2) is 12.4 Å². The molecule has 0 spiro atoms. The van der Waals surface area contributed by atoms with E-state index in [9.17, 15) is 0 Å². The van der Waals surface area contributed by atoms with Gasteiger partial charge in [-0.3, -0.25) is 4.90 Å². The second kappa shape index (κ2) is 4.11. The van der Waals surface area contributed by atoms with Crippen LogP contribution in [-0.2, 0) is 13.1 Å². The van der Waals surface area contributed by atoms with Crippen LogP contribution in [0.1, 0.15) is 12.7 Å². The Hall–Kier alpha value is -0.870. The van der Waals surface area contributed by atoms with Crippen LogP contribution in [0.4, 0.5) is 0 Å². The average Bonchev–Trinajstić information content (AvgIpc) is 2.64. The summed E-state index contributed by atoms with van der Waals surface area (Å²) in [4.78, 5) is 6.76. The highest BCUT2D eigenvalue weighted by atomic mass is 15.2. The Morgan fingerprint density at radius 3 is 3.21 bits per heavy atom. The largest absolute Gasteiger partial charge is 0.333 e. The van der Waals surface area contributed by atoms with Crippen LogP contribution in [-0.4, -0.2) is 34.1 Å². The smallest absolute Gasteiger partial charge is 0.122 e. The van der Waals surface area contributed by atoms with Gasteiger partial charge in [0.2, 0.25) is 0 Å². The number of imidazole rings is 1. The molecule has 0 amide bonds. The van der Waals surface area contributed by atoms with Crippen LogP contribution in [0.2, 0.25) is 0 Å². The molecule has 1 aliphatic rings. The van der Waals surface area contributed by atoms with Crippen LogP contribution in [0, 0.1) is 5.92 Å². The van der Waals surface area contributed by atoms with E-state index in [1.54, 1.807) is 0 Å². The highest BCUT2D eigenvalue weighted by molar-refractivity contribution is 4.95. The number of rotatable bonds is 3. The van der Waals surface area contributed by atoms with E-state index in [1.807, 2.05) is 6.20 Å². The Kier molecular flexibility index (Phi) is 2.84. The van der Waals surface area contributed by atoms with Crippen molar-refractivity contribution in [3.05, 3.63) is 18.2 Å². The van der Waals surface area contributed by atoms with Gasteiger partial charge >= 0.3 is 0 Å². The first kappa shape index (κ1) is 9.68. The molecule has 0 radical (unpaired) electrons. The topological polar surface area (TPSA) is 47.1 Å². The minimum absolute atomic E-state index is 0.580. The molecule has 0 aromatic carbocycles. The Labute approximate surface area is 84.7 Å². The maximum absolute atomic E-state index is 5.62. The Morgan fingerprint density at radius 1 is 1.57 bits per heavy atom. The Morgan fingerprint density at radius 2 is 2.43 bits per heavy atom. The number of nitrogens with zero attached hydrogens (tertiary/aromatic N) is 3. The van der Waals surface area contributed by atoms with Crippen LogP contribution in [0.25, 0.3) is 0 Å². The van der Waals surface area contributed by atoms with Crippen molar-refractivity contribution in [3.8, 4) is 0 Å². The molecule has 0 fully saturated rings. The number of hydrogen-bond donors (Lipinski definition) is 1. The average molecular weight is 194 g/mol. The van der Waals surface area contributed by atoms with E-state index in [0.717, 1.165) is 32.7 Å². The molecule has 78 valence electrons. The number of nitrogens with two attached hydrogens (primary N) is 1. The molecule has 1 atom stereocenters. The van der Waals surface area contributed by atoms with Gasteiger partial charge in [0, 0.05) is 32.0 Å². The lowest BCUT2D eigenvalue weighted by molar-refractivity contribution is 0.192. The first-order valence-corrected chi connectivity index (χ1v) is 5.22. The summed E-state index contributed by atoms with van der Waals surface area (Å²) in [6, 6.07) is 0. The SMILES string of the molecule is CC(CN)CN1CCn2ccnc2C1. The summed E-state index contributed by atoms with van der Waals surface area (Å²) in [5, 5.41) is 0. The van der Waals surface area contributed by atoms with E-state index >= 15 is 0 Å². The van der Waals surface area contributed by atoms with Crippen molar-refractivity contribution in [2.75, 3.05) is 19.6 Å². The van der Waals surface area contributed by atoms with Gasteiger partial charge in [0.1, 0.15) is 5.82 Å². The van der Waals surface area contributed by atoms with E-state index in [2.05, 4.69) is 27.6 Å². The zero-order valence-electron chi connectivity index (χ0n) is 8.69. The first-order chi connectivity index (χ1) is 6.79. The van der Waals surface area contributed by atoms with E-state index < -0.39 is 0 Å². The van der Waals surface area contributed by atoms with Crippen molar-refractivity contribution in [1.82, 2.24) is 14.5 Å².